The average molecular weight is 597 g/mol. The van der Waals surface area contributed by atoms with Crippen LogP contribution >= 0.6 is 0 Å². The second kappa shape index (κ2) is 16.3. The maximum Gasteiger partial charge on any atom is 0.407 e. The first-order valence-corrected chi connectivity index (χ1v) is 15.2. The lowest BCUT2D eigenvalue weighted by atomic mass is 9.96. The van der Waals surface area contributed by atoms with Crippen molar-refractivity contribution >= 4 is 17.9 Å². The summed E-state index contributed by atoms with van der Waals surface area (Å²) in [6.45, 7) is 10.1. The Labute approximate surface area is 255 Å². The van der Waals surface area contributed by atoms with Crippen LogP contribution < -0.4 is 26.0 Å². The summed E-state index contributed by atoms with van der Waals surface area (Å²) in [5.74, 6) is 0.0426. The molecule has 0 saturated carbocycles. The lowest BCUT2D eigenvalue weighted by Crippen LogP contribution is -2.57. The number of aliphatic hydroxyl groups excluding tert-OH is 1. The number of carbonyl (C=O) groups is 3. The highest BCUT2D eigenvalue weighted by Gasteiger charge is 2.31. The van der Waals surface area contributed by atoms with E-state index in [4.69, 9.17) is 9.47 Å². The summed E-state index contributed by atoms with van der Waals surface area (Å²) in [7, 11) is 0. The van der Waals surface area contributed by atoms with Crippen LogP contribution in [0.1, 0.15) is 58.6 Å². The standard InChI is InChI=1S/C33H48N4O6/c1-6-22(2)29-31(40)34-17-10-18-42-25-15-13-24(14-16-25)20-27(30(39)37-29)35-21-28(38)26(19-23-11-8-7-9-12-23)36-32(41)43-33(3,4)5/h7-9,11-16,22,26-29,35,38H,6,10,17-21H2,1-5H3,(H,34,40)(H,36,41)(H,37,39)/t22?,26-,27-,28+,29-/m0/s1. The van der Waals surface area contributed by atoms with Crippen molar-refractivity contribution in [3.05, 3.63) is 65.7 Å². The van der Waals surface area contributed by atoms with E-state index in [1.807, 2.05) is 68.4 Å². The average Bonchev–Trinajstić information content (AvgIpc) is 2.97. The van der Waals surface area contributed by atoms with E-state index in [1.165, 1.54) is 0 Å². The first-order valence-electron chi connectivity index (χ1n) is 15.2. The third kappa shape index (κ3) is 11.5. The molecule has 2 aliphatic heterocycles. The van der Waals surface area contributed by atoms with Crippen LogP contribution in [-0.2, 0) is 27.2 Å². The van der Waals surface area contributed by atoms with Gasteiger partial charge in [0, 0.05) is 13.1 Å². The Morgan fingerprint density at radius 1 is 1.09 bits per heavy atom. The SMILES string of the molecule is CCC(C)[C@@H]1NC(=O)[C@@H](NC[C@@H](O)[C@H](Cc2ccccc2)NC(=O)OC(C)(C)C)Cc2ccc(cc2)OCCCNC1=O. The number of hydrogen-bond donors (Lipinski definition) is 5. The van der Waals surface area contributed by atoms with Gasteiger partial charge in [0.1, 0.15) is 17.4 Å². The fraction of sp³-hybridized carbons (Fsp3) is 0.545. The topological polar surface area (TPSA) is 138 Å². The molecule has 2 heterocycles. The monoisotopic (exact) mass is 596 g/mol. The molecule has 0 spiro atoms. The lowest BCUT2D eigenvalue weighted by molar-refractivity contribution is -0.131. The number of rotatable bonds is 9. The van der Waals surface area contributed by atoms with E-state index < -0.39 is 35.9 Å². The minimum atomic E-state index is -1.05. The molecule has 10 heteroatoms. The van der Waals surface area contributed by atoms with E-state index >= 15 is 0 Å². The lowest BCUT2D eigenvalue weighted by Gasteiger charge is -2.29. The number of ether oxygens (including phenoxy) is 2. The third-order valence-electron chi connectivity index (χ3n) is 7.40. The zero-order chi connectivity index (χ0) is 31.4. The van der Waals surface area contributed by atoms with Crippen molar-refractivity contribution in [1.82, 2.24) is 21.3 Å². The van der Waals surface area contributed by atoms with Gasteiger partial charge < -0.3 is 35.8 Å². The molecule has 0 aliphatic carbocycles. The number of aliphatic hydroxyl groups is 1. The van der Waals surface area contributed by atoms with Crippen LogP contribution in [-0.4, -0.2) is 72.5 Å². The van der Waals surface area contributed by atoms with E-state index in [0.29, 0.717) is 44.6 Å². The molecule has 0 saturated heterocycles. The van der Waals surface area contributed by atoms with Crippen molar-refractivity contribution in [1.29, 1.82) is 0 Å². The van der Waals surface area contributed by atoms with Crippen LogP contribution in [0.25, 0.3) is 0 Å². The Balaban J connectivity index is 1.81. The second-order valence-corrected chi connectivity index (χ2v) is 12.2. The molecule has 10 nitrogen and oxygen atoms in total. The van der Waals surface area contributed by atoms with Crippen molar-refractivity contribution in [2.24, 2.45) is 5.92 Å². The summed E-state index contributed by atoms with van der Waals surface area (Å²) in [5, 5.41) is 23.2. The Morgan fingerprint density at radius 3 is 2.44 bits per heavy atom. The van der Waals surface area contributed by atoms with Gasteiger partial charge in [0.15, 0.2) is 0 Å². The van der Waals surface area contributed by atoms with Gasteiger partial charge in [-0.3, -0.25) is 9.59 Å². The Bertz CT molecular complexity index is 1170. The smallest absolute Gasteiger partial charge is 0.407 e. The molecule has 0 fully saturated rings. The molecule has 1 unspecified atom stereocenters. The summed E-state index contributed by atoms with van der Waals surface area (Å²) < 4.78 is 11.2. The zero-order valence-electron chi connectivity index (χ0n) is 26.0. The van der Waals surface area contributed by atoms with Gasteiger partial charge in [-0.15, -0.1) is 0 Å². The van der Waals surface area contributed by atoms with Gasteiger partial charge in [0.2, 0.25) is 11.8 Å². The van der Waals surface area contributed by atoms with Crippen molar-refractivity contribution < 1.29 is 29.0 Å². The molecule has 5 atom stereocenters. The van der Waals surface area contributed by atoms with Crippen LogP contribution in [0, 0.1) is 5.92 Å². The molecule has 43 heavy (non-hydrogen) atoms. The number of amides is 3. The summed E-state index contributed by atoms with van der Waals surface area (Å²) in [5.41, 5.74) is 1.12. The Kier molecular flexibility index (Phi) is 12.8. The highest BCUT2D eigenvalue weighted by molar-refractivity contribution is 5.90. The highest BCUT2D eigenvalue weighted by Crippen LogP contribution is 2.16. The number of fused-ring (bicyclic) bond motifs is 12. The fourth-order valence-corrected chi connectivity index (χ4v) is 4.77. The van der Waals surface area contributed by atoms with E-state index in [2.05, 4.69) is 21.3 Å². The number of alkyl carbamates (subject to hydrolysis) is 1. The molecule has 236 valence electrons. The first kappa shape index (κ1) is 33.9. The largest absolute Gasteiger partial charge is 0.494 e. The van der Waals surface area contributed by atoms with Crippen LogP contribution in [0.15, 0.2) is 54.6 Å². The molecule has 0 aromatic heterocycles. The summed E-state index contributed by atoms with van der Waals surface area (Å²) in [6.07, 6.45) is 0.328. The van der Waals surface area contributed by atoms with Gasteiger partial charge in [-0.05, 0) is 69.2 Å². The first-order chi connectivity index (χ1) is 20.4. The molecular weight excluding hydrogens is 548 g/mol. The van der Waals surface area contributed by atoms with Gasteiger partial charge in [0.05, 0.1) is 24.8 Å². The molecule has 2 bridgehead atoms. The summed E-state index contributed by atoms with van der Waals surface area (Å²) in [4.78, 5) is 39.4. The molecule has 5 N–H and O–H groups in total. The van der Waals surface area contributed by atoms with Crippen LogP contribution in [0.5, 0.6) is 5.75 Å². The number of benzene rings is 2. The third-order valence-corrected chi connectivity index (χ3v) is 7.40. The van der Waals surface area contributed by atoms with Crippen LogP contribution in [0.2, 0.25) is 0 Å². The van der Waals surface area contributed by atoms with Crippen LogP contribution in [0.4, 0.5) is 4.79 Å². The Hall–Kier alpha value is -3.63. The van der Waals surface area contributed by atoms with Gasteiger partial charge in [-0.25, -0.2) is 4.79 Å². The van der Waals surface area contributed by atoms with E-state index in [0.717, 1.165) is 11.1 Å². The molecule has 4 rings (SSSR count). The molecule has 3 amide bonds. The maximum absolute atomic E-state index is 13.7. The quantitative estimate of drug-likeness (QED) is 0.300. The number of carbonyl (C=O) groups excluding carboxylic acids is 3. The highest BCUT2D eigenvalue weighted by atomic mass is 16.6. The molecule has 2 aliphatic rings. The van der Waals surface area contributed by atoms with Gasteiger partial charge in [-0.2, -0.15) is 0 Å². The van der Waals surface area contributed by atoms with E-state index in [9.17, 15) is 19.5 Å². The minimum Gasteiger partial charge on any atom is -0.494 e. The normalized spacial score (nSPS) is 20.3. The van der Waals surface area contributed by atoms with Crippen molar-refractivity contribution in [2.45, 2.75) is 90.1 Å². The summed E-state index contributed by atoms with van der Waals surface area (Å²) in [6, 6.07) is 14.9. The molecular formula is C33H48N4O6. The van der Waals surface area contributed by atoms with Crippen LogP contribution in [0.3, 0.4) is 0 Å². The molecule has 0 radical (unpaired) electrons. The maximum atomic E-state index is 13.7. The van der Waals surface area contributed by atoms with Crippen molar-refractivity contribution in [3.8, 4) is 5.75 Å². The fourth-order valence-electron chi connectivity index (χ4n) is 4.77. The van der Waals surface area contributed by atoms with Crippen molar-refractivity contribution in [2.75, 3.05) is 19.7 Å². The predicted molar refractivity (Wildman–Crippen MR) is 166 cm³/mol. The predicted octanol–water partition coefficient (Wildman–Crippen LogP) is 3.11. The van der Waals surface area contributed by atoms with E-state index in [-0.39, 0.29) is 24.3 Å². The minimum absolute atomic E-state index is 0.00672. The van der Waals surface area contributed by atoms with Crippen molar-refractivity contribution in [3.63, 3.8) is 0 Å². The Morgan fingerprint density at radius 2 is 1.79 bits per heavy atom. The van der Waals surface area contributed by atoms with Gasteiger partial charge in [-0.1, -0.05) is 62.7 Å². The zero-order valence-corrected chi connectivity index (χ0v) is 26.0. The second-order valence-electron chi connectivity index (χ2n) is 12.2. The molecule has 2 aromatic carbocycles. The van der Waals surface area contributed by atoms with Gasteiger partial charge >= 0.3 is 6.09 Å². The van der Waals surface area contributed by atoms with Gasteiger partial charge in [0.25, 0.3) is 0 Å². The summed E-state index contributed by atoms with van der Waals surface area (Å²) >= 11 is 0. The number of hydrogen-bond acceptors (Lipinski definition) is 7. The van der Waals surface area contributed by atoms with E-state index in [1.54, 1.807) is 20.8 Å². The number of nitrogens with one attached hydrogen (secondary N) is 4. The molecule has 2 aromatic rings.